The van der Waals surface area contributed by atoms with E-state index in [-0.39, 0.29) is 13.0 Å². The molecule has 150 valence electrons. The topological polar surface area (TPSA) is 97.6 Å². The SMILES string of the molecule is Cc1cc2occ(CC(=O)OCC(=O)NC(=O)NCc3ccccc3)c2cc1C. The number of imide groups is 1. The fourth-order valence-corrected chi connectivity index (χ4v) is 2.81. The first kappa shape index (κ1) is 20.1. The largest absolute Gasteiger partial charge is 0.464 e. The summed E-state index contributed by atoms with van der Waals surface area (Å²) in [6.07, 6.45) is 1.49. The van der Waals surface area contributed by atoms with Crippen LogP contribution in [0.1, 0.15) is 22.3 Å². The second-order valence-corrected chi connectivity index (χ2v) is 6.75. The Kier molecular flexibility index (Phi) is 6.29. The first-order valence-corrected chi connectivity index (χ1v) is 9.17. The van der Waals surface area contributed by atoms with E-state index in [1.807, 2.05) is 56.3 Å². The molecule has 7 heteroatoms. The van der Waals surface area contributed by atoms with Crippen molar-refractivity contribution in [3.63, 3.8) is 0 Å². The summed E-state index contributed by atoms with van der Waals surface area (Å²) in [5.41, 5.74) is 4.48. The molecule has 3 aromatic rings. The lowest BCUT2D eigenvalue weighted by molar-refractivity contribution is -0.147. The first-order chi connectivity index (χ1) is 13.9. The number of hydrogen-bond acceptors (Lipinski definition) is 5. The van der Waals surface area contributed by atoms with Crippen LogP contribution >= 0.6 is 0 Å². The Morgan fingerprint density at radius 2 is 1.76 bits per heavy atom. The molecule has 0 unspecified atom stereocenters. The van der Waals surface area contributed by atoms with Gasteiger partial charge in [-0.2, -0.15) is 0 Å². The highest BCUT2D eigenvalue weighted by molar-refractivity contribution is 5.95. The van der Waals surface area contributed by atoms with E-state index in [4.69, 9.17) is 9.15 Å². The number of aryl methyl sites for hydroxylation is 2. The van der Waals surface area contributed by atoms with Gasteiger partial charge in [0.15, 0.2) is 6.61 Å². The van der Waals surface area contributed by atoms with E-state index in [1.54, 1.807) is 0 Å². The Morgan fingerprint density at radius 3 is 2.52 bits per heavy atom. The zero-order chi connectivity index (χ0) is 20.8. The number of hydrogen-bond donors (Lipinski definition) is 2. The molecule has 0 aliphatic carbocycles. The van der Waals surface area contributed by atoms with Gasteiger partial charge in [0.05, 0.1) is 12.7 Å². The van der Waals surface area contributed by atoms with Crippen LogP contribution in [0.5, 0.6) is 0 Å². The van der Waals surface area contributed by atoms with Crippen LogP contribution in [0.15, 0.2) is 53.1 Å². The highest BCUT2D eigenvalue weighted by atomic mass is 16.5. The van der Waals surface area contributed by atoms with Crippen LogP contribution in [0.4, 0.5) is 4.79 Å². The summed E-state index contributed by atoms with van der Waals surface area (Å²) in [5.74, 6) is -1.28. The van der Waals surface area contributed by atoms with Gasteiger partial charge in [-0.25, -0.2) is 4.79 Å². The quantitative estimate of drug-likeness (QED) is 0.626. The Morgan fingerprint density at radius 1 is 1.03 bits per heavy atom. The summed E-state index contributed by atoms with van der Waals surface area (Å²) in [7, 11) is 0. The molecule has 3 amide bonds. The van der Waals surface area contributed by atoms with Crippen LogP contribution in [0.3, 0.4) is 0 Å². The monoisotopic (exact) mass is 394 g/mol. The van der Waals surface area contributed by atoms with Crippen molar-refractivity contribution in [2.75, 3.05) is 6.61 Å². The lowest BCUT2D eigenvalue weighted by Gasteiger charge is -2.07. The number of carbonyl (C=O) groups excluding carboxylic acids is 3. The van der Waals surface area contributed by atoms with Crippen molar-refractivity contribution < 1.29 is 23.5 Å². The molecule has 0 saturated carbocycles. The van der Waals surface area contributed by atoms with Crippen LogP contribution < -0.4 is 10.6 Å². The van der Waals surface area contributed by atoms with E-state index in [0.717, 1.165) is 22.1 Å². The third-order valence-electron chi connectivity index (χ3n) is 4.52. The summed E-state index contributed by atoms with van der Waals surface area (Å²) < 4.78 is 10.5. The standard InChI is InChI=1S/C22H22N2O5/c1-14-8-18-17(12-28-19(18)9-15(14)2)10-21(26)29-13-20(25)24-22(27)23-11-16-6-4-3-5-7-16/h3-9,12H,10-11,13H2,1-2H3,(H2,23,24,25,27). The Bertz CT molecular complexity index is 1040. The molecule has 0 aliphatic heterocycles. The molecule has 0 bridgehead atoms. The van der Waals surface area contributed by atoms with Crippen LogP contribution in [0.25, 0.3) is 11.0 Å². The minimum absolute atomic E-state index is 0.0248. The number of esters is 1. The molecule has 1 heterocycles. The summed E-state index contributed by atoms with van der Waals surface area (Å²) in [5, 5.41) is 5.53. The fraction of sp³-hybridized carbons (Fsp3) is 0.227. The average Bonchev–Trinajstić information content (AvgIpc) is 3.07. The predicted molar refractivity (Wildman–Crippen MR) is 107 cm³/mol. The lowest BCUT2D eigenvalue weighted by Crippen LogP contribution is -2.41. The van der Waals surface area contributed by atoms with Gasteiger partial charge in [0, 0.05) is 17.5 Å². The van der Waals surface area contributed by atoms with Crippen LogP contribution in [-0.2, 0) is 27.3 Å². The van der Waals surface area contributed by atoms with E-state index in [0.29, 0.717) is 11.1 Å². The minimum Gasteiger partial charge on any atom is -0.464 e. The molecule has 0 radical (unpaired) electrons. The molecule has 0 saturated heterocycles. The molecule has 29 heavy (non-hydrogen) atoms. The summed E-state index contributed by atoms with van der Waals surface area (Å²) in [6, 6.07) is 12.5. The van der Waals surface area contributed by atoms with Gasteiger partial charge in [-0.3, -0.25) is 14.9 Å². The molecule has 2 N–H and O–H groups in total. The zero-order valence-corrected chi connectivity index (χ0v) is 16.3. The molecular weight excluding hydrogens is 372 g/mol. The van der Waals surface area contributed by atoms with Gasteiger partial charge < -0.3 is 14.5 Å². The highest BCUT2D eigenvalue weighted by Gasteiger charge is 2.15. The van der Waals surface area contributed by atoms with Crippen molar-refractivity contribution in [1.82, 2.24) is 10.6 Å². The van der Waals surface area contributed by atoms with Gasteiger partial charge in [0.1, 0.15) is 5.58 Å². The molecule has 0 spiro atoms. The van der Waals surface area contributed by atoms with Crippen molar-refractivity contribution in [3.8, 4) is 0 Å². The van der Waals surface area contributed by atoms with Gasteiger partial charge in [0.25, 0.3) is 5.91 Å². The maximum Gasteiger partial charge on any atom is 0.321 e. The summed E-state index contributed by atoms with van der Waals surface area (Å²) in [6.45, 7) is 3.72. The lowest BCUT2D eigenvalue weighted by atomic mass is 10.0. The number of nitrogens with one attached hydrogen (secondary N) is 2. The summed E-state index contributed by atoms with van der Waals surface area (Å²) >= 11 is 0. The molecule has 0 aliphatic rings. The van der Waals surface area contributed by atoms with E-state index >= 15 is 0 Å². The molecule has 0 fully saturated rings. The number of carbonyl (C=O) groups is 3. The van der Waals surface area contributed by atoms with Crippen molar-refractivity contribution >= 4 is 28.9 Å². The zero-order valence-electron chi connectivity index (χ0n) is 16.3. The van der Waals surface area contributed by atoms with Gasteiger partial charge in [0.2, 0.25) is 0 Å². The fourth-order valence-electron chi connectivity index (χ4n) is 2.81. The van der Waals surface area contributed by atoms with Gasteiger partial charge in [-0.1, -0.05) is 30.3 Å². The number of furan rings is 1. The van der Waals surface area contributed by atoms with Crippen molar-refractivity contribution in [2.45, 2.75) is 26.8 Å². The maximum atomic E-state index is 12.1. The number of benzene rings is 2. The first-order valence-electron chi connectivity index (χ1n) is 9.17. The van der Waals surface area contributed by atoms with Crippen LogP contribution in [-0.4, -0.2) is 24.5 Å². The number of ether oxygens (including phenoxy) is 1. The molecule has 7 nitrogen and oxygen atoms in total. The molecule has 0 atom stereocenters. The van der Waals surface area contributed by atoms with Crippen LogP contribution in [0.2, 0.25) is 0 Å². The van der Waals surface area contributed by atoms with Crippen molar-refractivity contribution in [1.29, 1.82) is 0 Å². The van der Waals surface area contributed by atoms with Gasteiger partial charge in [-0.05, 0) is 42.7 Å². The van der Waals surface area contributed by atoms with E-state index in [9.17, 15) is 14.4 Å². The maximum absolute atomic E-state index is 12.1. The Labute approximate surface area is 168 Å². The second-order valence-electron chi connectivity index (χ2n) is 6.75. The minimum atomic E-state index is -0.701. The molecule has 2 aromatic carbocycles. The van der Waals surface area contributed by atoms with E-state index in [2.05, 4.69) is 10.6 Å². The smallest absolute Gasteiger partial charge is 0.321 e. The van der Waals surface area contributed by atoms with Gasteiger partial charge in [-0.15, -0.1) is 0 Å². The highest BCUT2D eigenvalue weighted by Crippen LogP contribution is 2.25. The van der Waals surface area contributed by atoms with E-state index in [1.165, 1.54) is 6.26 Å². The average molecular weight is 394 g/mol. The Hall–Kier alpha value is -3.61. The third-order valence-corrected chi connectivity index (χ3v) is 4.52. The van der Waals surface area contributed by atoms with Crippen molar-refractivity contribution in [3.05, 3.63) is 71.0 Å². The normalized spacial score (nSPS) is 10.6. The number of amides is 3. The van der Waals surface area contributed by atoms with E-state index < -0.39 is 24.5 Å². The van der Waals surface area contributed by atoms with Crippen LogP contribution in [0, 0.1) is 13.8 Å². The second kappa shape index (κ2) is 9.05. The molecule has 1 aromatic heterocycles. The van der Waals surface area contributed by atoms with Gasteiger partial charge >= 0.3 is 12.0 Å². The summed E-state index contributed by atoms with van der Waals surface area (Å²) in [4.78, 5) is 35.6. The number of fused-ring (bicyclic) bond motifs is 1. The molecule has 3 rings (SSSR count). The predicted octanol–water partition coefficient (Wildman–Crippen LogP) is 3.16. The number of rotatable bonds is 6. The molecular formula is C22H22N2O5. The third kappa shape index (κ3) is 5.44. The Balaban J connectivity index is 1.45. The van der Waals surface area contributed by atoms with Crippen molar-refractivity contribution in [2.24, 2.45) is 0 Å². The number of urea groups is 1.